The Hall–Kier alpha value is -3.85. The molecule has 0 saturated carbocycles. The van der Waals surface area contributed by atoms with E-state index < -0.39 is 0 Å². The van der Waals surface area contributed by atoms with Gasteiger partial charge in [0.25, 0.3) is 0 Å². The number of anilines is 1. The topological polar surface area (TPSA) is 105 Å². The molecule has 1 aliphatic heterocycles. The molecule has 0 atom stereocenters. The predicted octanol–water partition coefficient (Wildman–Crippen LogP) is 3.17. The van der Waals surface area contributed by atoms with E-state index in [4.69, 9.17) is 20.9 Å². The van der Waals surface area contributed by atoms with Gasteiger partial charge in [-0.15, -0.1) is 0 Å². The van der Waals surface area contributed by atoms with Crippen LogP contribution < -0.4 is 10.6 Å². The van der Waals surface area contributed by atoms with Crippen LogP contribution in [-0.2, 0) is 4.74 Å². The molecule has 32 heavy (non-hydrogen) atoms. The highest BCUT2D eigenvalue weighted by Crippen LogP contribution is 2.32. The first kappa shape index (κ1) is 20.1. The summed E-state index contributed by atoms with van der Waals surface area (Å²) < 4.78 is 22.3. The van der Waals surface area contributed by atoms with Gasteiger partial charge in [0.05, 0.1) is 35.3 Å². The average molecular weight is 431 g/mol. The van der Waals surface area contributed by atoms with Gasteiger partial charge in [-0.3, -0.25) is 15.0 Å². The summed E-state index contributed by atoms with van der Waals surface area (Å²) in [6.45, 7) is 4.63. The Morgan fingerprint density at radius 1 is 1.25 bits per heavy atom. The number of pyridine rings is 1. The molecule has 0 unspecified atom stereocenters. The van der Waals surface area contributed by atoms with Gasteiger partial charge in [0.15, 0.2) is 0 Å². The number of imidazole rings is 1. The lowest BCUT2D eigenvalue weighted by Gasteiger charge is -2.29. The van der Waals surface area contributed by atoms with E-state index in [0.29, 0.717) is 46.7 Å². The Kier molecular flexibility index (Phi) is 5.02. The number of rotatable bonds is 4. The van der Waals surface area contributed by atoms with Crippen LogP contribution in [0.15, 0.2) is 47.6 Å². The molecule has 0 spiro atoms. The fourth-order valence-electron chi connectivity index (χ4n) is 4.25. The number of amidine groups is 1. The van der Waals surface area contributed by atoms with Crippen LogP contribution in [0.2, 0.25) is 0 Å². The molecule has 0 amide bonds. The highest BCUT2D eigenvalue weighted by molar-refractivity contribution is 6.11. The first-order chi connectivity index (χ1) is 15.6. The van der Waals surface area contributed by atoms with E-state index in [1.165, 1.54) is 6.07 Å². The normalized spacial score (nSPS) is 14.9. The van der Waals surface area contributed by atoms with E-state index in [0.717, 1.165) is 30.6 Å². The van der Waals surface area contributed by atoms with Crippen molar-refractivity contribution in [3.8, 4) is 5.69 Å². The van der Waals surface area contributed by atoms with Gasteiger partial charge >= 0.3 is 0 Å². The third-order valence-electron chi connectivity index (χ3n) is 5.70. The van der Waals surface area contributed by atoms with Crippen LogP contribution in [0, 0.1) is 18.2 Å². The number of morpholine rings is 1. The van der Waals surface area contributed by atoms with Gasteiger partial charge in [-0.25, -0.2) is 14.4 Å². The standard InChI is InChI=1S/C23H22FN7O/c1-14-29-22-16(23(26)28-13-25)11-15(30-7-9-32-10-8-30)12-20(22)31(14)19-5-6-27-18-4-2-3-17(24)21(18)19/h2-6,11-13H,7-10H2,1H3,(H3,25,26,28). The van der Waals surface area contributed by atoms with Crippen molar-refractivity contribution in [1.82, 2.24) is 14.5 Å². The van der Waals surface area contributed by atoms with Crippen LogP contribution in [0.4, 0.5) is 10.1 Å². The van der Waals surface area contributed by atoms with E-state index in [1.807, 2.05) is 23.6 Å². The summed E-state index contributed by atoms with van der Waals surface area (Å²) in [5, 5.41) is 7.77. The van der Waals surface area contributed by atoms with Gasteiger partial charge in [-0.05, 0) is 37.3 Å². The lowest BCUT2D eigenvalue weighted by Crippen LogP contribution is -2.36. The number of nitrogens with one attached hydrogen (secondary N) is 1. The third-order valence-corrected chi connectivity index (χ3v) is 5.70. The van der Waals surface area contributed by atoms with Crippen molar-refractivity contribution in [1.29, 1.82) is 5.41 Å². The zero-order valence-electron chi connectivity index (χ0n) is 17.5. The van der Waals surface area contributed by atoms with Crippen LogP contribution >= 0.6 is 0 Å². The molecule has 4 aromatic rings. The zero-order valence-corrected chi connectivity index (χ0v) is 17.5. The first-order valence-electron chi connectivity index (χ1n) is 10.3. The molecule has 3 heterocycles. The number of aryl methyl sites for hydroxylation is 1. The van der Waals surface area contributed by atoms with Crippen molar-refractivity contribution >= 4 is 39.8 Å². The summed E-state index contributed by atoms with van der Waals surface area (Å²) in [5.74, 6) is 0.538. The summed E-state index contributed by atoms with van der Waals surface area (Å²) in [6.07, 6.45) is 2.58. The highest BCUT2D eigenvalue weighted by atomic mass is 19.1. The fraction of sp³-hybridized carbons (Fsp3) is 0.217. The Bertz CT molecular complexity index is 1370. The van der Waals surface area contributed by atoms with Crippen molar-refractivity contribution in [2.75, 3.05) is 31.2 Å². The third kappa shape index (κ3) is 3.27. The fourth-order valence-corrected chi connectivity index (χ4v) is 4.25. The van der Waals surface area contributed by atoms with E-state index in [1.54, 1.807) is 24.4 Å². The molecular formula is C23H22FN7O. The number of nitrogens with two attached hydrogens (primary N) is 1. The molecule has 0 radical (unpaired) electrons. The van der Waals surface area contributed by atoms with Gasteiger partial charge in [0, 0.05) is 30.5 Å². The number of aromatic nitrogens is 3. The lowest BCUT2D eigenvalue weighted by atomic mass is 10.1. The quantitative estimate of drug-likeness (QED) is 0.381. The minimum atomic E-state index is -0.346. The molecular weight excluding hydrogens is 409 g/mol. The second kappa shape index (κ2) is 8.01. The van der Waals surface area contributed by atoms with Crippen molar-refractivity contribution in [3.05, 3.63) is 59.8 Å². The number of benzene rings is 2. The van der Waals surface area contributed by atoms with Crippen LogP contribution in [0.1, 0.15) is 11.4 Å². The van der Waals surface area contributed by atoms with E-state index >= 15 is 0 Å². The largest absolute Gasteiger partial charge is 0.383 e. The molecule has 2 aromatic carbocycles. The number of aliphatic imine (C=N–C) groups is 1. The van der Waals surface area contributed by atoms with Gasteiger partial charge in [0.2, 0.25) is 0 Å². The van der Waals surface area contributed by atoms with Gasteiger partial charge in [-0.1, -0.05) is 6.07 Å². The number of halogens is 1. The number of fused-ring (bicyclic) bond motifs is 2. The number of nitrogens with zero attached hydrogens (tertiary/aromatic N) is 5. The molecule has 1 saturated heterocycles. The lowest BCUT2D eigenvalue weighted by molar-refractivity contribution is 0.122. The van der Waals surface area contributed by atoms with Crippen molar-refractivity contribution in [3.63, 3.8) is 0 Å². The van der Waals surface area contributed by atoms with E-state index in [2.05, 4.69) is 14.9 Å². The summed E-state index contributed by atoms with van der Waals surface area (Å²) in [7, 11) is 0. The molecule has 3 N–H and O–H groups in total. The summed E-state index contributed by atoms with van der Waals surface area (Å²) in [4.78, 5) is 15.3. The predicted molar refractivity (Wildman–Crippen MR) is 124 cm³/mol. The molecule has 0 aliphatic carbocycles. The van der Waals surface area contributed by atoms with E-state index in [9.17, 15) is 4.39 Å². The maximum absolute atomic E-state index is 14.9. The molecule has 1 fully saturated rings. The number of hydrogen-bond acceptors (Lipinski definition) is 5. The van der Waals surface area contributed by atoms with Crippen molar-refractivity contribution in [2.45, 2.75) is 6.92 Å². The summed E-state index contributed by atoms with van der Waals surface area (Å²) >= 11 is 0. The Morgan fingerprint density at radius 3 is 2.84 bits per heavy atom. The number of hydrogen-bond donors (Lipinski definition) is 2. The smallest absolute Gasteiger partial charge is 0.134 e. The number of ether oxygens (including phenoxy) is 1. The zero-order chi connectivity index (χ0) is 22.2. The second-order valence-corrected chi connectivity index (χ2v) is 7.56. The molecule has 8 nitrogen and oxygen atoms in total. The molecule has 1 aliphatic rings. The van der Waals surface area contributed by atoms with Crippen LogP contribution in [0.3, 0.4) is 0 Å². The SMILES string of the molecule is Cc1nc2c(C(N)=NC=N)cc(N3CCOCC3)cc2n1-c1ccnc2cccc(F)c12. The maximum Gasteiger partial charge on any atom is 0.134 e. The van der Waals surface area contributed by atoms with Crippen LogP contribution in [0.25, 0.3) is 27.6 Å². The van der Waals surface area contributed by atoms with E-state index in [-0.39, 0.29) is 11.7 Å². The Labute approximate surface area is 183 Å². The molecule has 5 rings (SSSR count). The minimum Gasteiger partial charge on any atom is -0.383 e. The Balaban J connectivity index is 1.83. The summed E-state index contributed by atoms with van der Waals surface area (Å²) in [6, 6.07) is 10.6. The molecule has 0 bridgehead atoms. The van der Waals surface area contributed by atoms with Crippen molar-refractivity contribution in [2.24, 2.45) is 10.7 Å². The van der Waals surface area contributed by atoms with Crippen molar-refractivity contribution < 1.29 is 9.13 Å². The van der Waals surface area contributed by atoms with Gasteiger partial charge in [0.1, 0.15) is 29.3 Å². The second-order valence-electron chi connectivity index (χ2n) is 7.56. The monoisotopic (exact) mass is 431 g/mol. The molecule has 9 heteroatoms. The molecule has 162 valence electrons. The maximum atomic E-state index is 14.9. The minimum absolute atomic E-state index is 0.204. The first-order valence-corrected chi connectivity index (χ1v) is 10.3. The van der Waals surface area contributed by atoms with Crippen LogP contribution in [0.5, 0.6) is 0 Å². The molecule has 2 aromatic heterocycles. The van der Waals surface area contributed by atoms with Gasteiger partial charge in [-0.2, -0.15) is 0 Å². The van der Waals surface area contributed by atoms with Crippen LogP contribution in [-0.4, -0.2) is 53.0 Å². The Morgan fingerprint density at radius 2 is 2.06 bits per heavy atom. The average Bonchev–Trinajstić information content (AvgIpc) is 3.14. The highest BCUT2D eigenvalue weighted by Gasteiger charge is 2.21. The summed E-state index contributed by atoms with van der Waals surface area (Å²) in [5.41, 5.74) is 10.4. The van der Waals surface area contributed by atoms with Gasteiger partial charge < -0.3 is 15.4 Å².